The van der Waals surface area contributed by atoms with E-state index in [4.69, 9.17) is 15.2 Å². The lowest BCUT2D eigenvalue weighted by molar-refractivity contribution is -0.122. The summed E-state index contributed by atoms with van der Waals surface area (Å²) in [6.07, 6.45) is 0. The molecule has 0 saturated carbocycles. The number of carbonyl (C=O) groups excluding carboxylic acids is 1. The van der Waals surface area contributed by atoms with Gasteiger partial charge in [-0.3, -0.25) is 9.69 Å². The maximum Gasteiger partial charge on any atom is 0.239 e. The number of likely N-dealkylation sites (N-methyl/N-ethyl adjacent to an activating group) is 1. The number of nitrogens with two attached hydrogens (primary N) is 1. The Morgan fingerprint density at radius 2 is 1.89 bits per heavy atom. The second-order valence-corrected chi connectivity index (χ2v) is 4.33. The Kier molecular flexibility index (Phi) is 4.55. The van der Waals surface area contributed by atoms with E-state index < -0.39 is 11.9 Å². The SMILES string of the molecule is COc1cc(C)c(C(C(N)=O)N(C)C)c(OC)c1. The van der Waals surface area contributed by atoms with Crippen molar-refractivity contribution in [1.82, 2.24) is 4.90 Å². The molecule has 1 aromatic carbocycles. The molecule has 0 heterocycles. The van der Waals surface area contributed by atoms with E-state index in [9.17, 15) is 4.79 Å². The molecular formula is C13H20N2O3. The fourth-order valence-corrected chi connectivity index (χ4v) is 2.03. The Bertz CT molecular complexity index is 444. The van der Waals surface area contributed by atoms with Gasteiger partial charge in [-0.05, 0) is 32.6 Å². The summed E-state index contributed by atoms with van der Waals surface area (Å²) in [4.78, 5) is 13.4. The van der Waals surface area contributed by atoms with Crippen molar-refractivity contribution in [3.05, 3.63) is 23.3 Å². The molecule has 0 fully saturated rings. The number of primary amides is 1. The van der Waals surface area contributed by atoms with Gasteiger partial charge in [0.25, 0.3) is 0 Å². The van der Waals surface area contributed by atoms with Crippen LogP contribution in [0.15, 0.2) is 12.1 Å². The van der Waals surface area contributed by atoms with Crippen molar-refractivity contribution in [2.45, 2.75) is 13.0 Å². The molecule has 1 atom stereocenters. The number of hydrogen-bond acceptors (Lipinski definition) is 4. The Morgan fingerprint density at radius 1 is 1.28 bits per heavy atom. The number of amides is 1. The molecule has 5 nitrogen and oxygen atoms in total. The number of rotatable bonds is 5. The lowest BCUT2D eigenvalue weighted by Crippen LogP contribution is -2.33. The highest BCUT2D eigenvalue weighted by molar-refractivity contribution is 5.83. The van der Waals surface area contributed by atoms with Gasteiger partial charge in [-0.1, -0.05) is 0 Å². The largest absolute Gasteiger partial charge is 0.497 e. The van der Waals surface area contributed by atoms with E-state index in [2.05, 4.69) is 0 Å². The highest BCUT2D eigenvalue weighted by Gasteiger charge is 2.26. The van der Waals surface area contributed by atoms with E-state index in [0.29, 0.717) is 11.5 Å². The number of methoxy groups -OCH3 is 2. The van der Waals surface area contributed by atoms with Crippen LogP contribution in [0, 0.1) is 6.92 Å². The molecule has 0 aliphatic rings. The van der Waals surface area contributed by atoms with Crippen LogP contribution >= 0.6 is 0 Å². The molecule has 0 aliphatic heterocycles. The number of carbonyl (C=O) groups is 1. The third-order valence-electron chi connectivity index (χ3n) is 2.84. The monoisotopic (exact) mass is 252 g/mol. The molecule has 0 bridgehead atoms. The van der Waals surface area contributed by atoms with Crippen LogP contribution in [0.25, 0.3) is 0 Å². The van der Waals surface area contributed by atoms with Crippen molar-refractivity contribution < 1.29 is 14.3 Å². The summed E-state index contributed by atoms with van der Waals surface area (Å²) in [6.45, 7) is 1.90. The molecule has 1 rings (SSSR count). The standard InChI is InChI=1S/C13H20N2O3/c1-8-6-9(17-4)7-10(18-5)11(8)12(13(14)16)15(2)3/h6-7,12H,1-5H3,(H2,14,16). The number of ether oxygens (including phenoxy) is 2. The Balaban J connectivity index is 3.41. The molecule has 0 aliphatic carbocycles. The Morgan fingerprint density at radius 3 is 2.28 bits per heavy atom. The van der Waals surface area contributed by atoms with Gasteiger partial charge < -0.3 is 15.2 Å². The molecule has 2 N–H and O–H groups in total. The number of aryl methyl sites for hydroxylation is 1. The number of hydrogen-bond donors (Lipinski definition) is 1. The molecule has 0 saturated heterocycles. The van der Waals surface area contributed by atoms with Crippen molar-refractivity contribution in [2.24, 2.45) is 5.73 Å². The maximum atomic E-state index is 11.6. The minimum atomic E-state index is -0.522. The first-order valence-electron chi connectivity index (χ1n) is 5.60. The van der Waals surface area contributed by atoms with Crippen molar-refractivity contribution in [3.63, 3.8) is 0 Å². The van der Waals surface area contributed by atoms with Gasteiger partial charge >= 0.3 is 0 Å². The van der Waals surface area contributed by atoms with Crippen molar-refractivity contribution in [2.75, 3.05) is 28.3 Å². The first-order valence-corrected chi connectivity index (χ1v) is 5.60. The third-order valence-corrected chi connectivity index (χ3v) is 2.84. The van der Waals surface area contributed by atoms with Crippen molar-refractivity contribution in [3.8, 4) is 11.5 Å². The van der Waals surface area contributed by atoms with Gasteiger partial charge in [0.1, 0.15) is 17.5 Å². The van der Waals surface area contributed by atoms with Crippen molar-refractivity contribution >= 4 is 5.91 Å². The van der Waals surface area contributed by atoms with Crippen LogP contribution in [0.5, 0.6) is 11.5 Å². The third kappa shape index (κ3) is 2.73. The molecule has 0 aromatic heterocycles. The second kappa shape index (κ2) is 5.73. The molecule has 1 unspecified atom stereocenters. The van der Waals surface area contributed by atoms with Gasteiger partial charge in [-0.2, -0.15) is 0 Å². The van der Waals surface area contributed by atoms with E-state index in [1.807, 2.05) is 13.0 Å². The number of nitrogens with zero attached hydrogens (tertiary/aromatic N) is 1. The Labute approximate surface area is 107 Å². The van der Waals surface area contributed by atoms with Crippen LogP contribution in [0.4, 0.5) is 0 Å². The maximum absolute atomic E-state index is 11.6. The van der Waals surface area contributed by atoms with E-state index in [1.165, 1.54) is 0 Å². The minimum Gasteiger partial charge on any atom is -0.497 e. The first-order chi connectivity index (χ1) is 8.42. The Hall–Kier alpha value is -1.75. The zero-order valence-corrected chi connectivity index (χ0v) is 11.5. The summed E-state index contributed by atoms with van der Waals surface area (Å²) >= 11 is 0. The average Bonchev–Trinajstić information content (AvgIpc) is 2.30. The van der Waals surface area contributed by atoms with Gasteiger partial charge in [-0.25, -0.2) is 0 Å². The summed E-state index contributed by atoms with van der Waals surface area (Å²) in [5.41, 5.74) is 7.15. The minimum absolute atomic E-state index is 0.411. The van der Waals surface area contributed by atoms with E-state index >= 15 is 0 Å². The van der Waals surface area contributed by atoms with Gasteiger partial charge in [-0.15, -0.1) is 0 Å². The topological polar surface area (TPSA) is 64.8 Å². The van der Waals surface area contributed by atoms with Crippen LogP contribution in [-0.2, 0) is 4.79 Å². The summed E-state index contributed by atoms with van der Waals surface area (Å²) < 4.78 is 10.5. The average molecular weight is 252 g/mol. The van der Waals surface area contributed by atoms with Gasteiger partial charge in [0.2, 0.25) is 5.91 Å². The van der Waals surface area contributed by atoms with Crippen molar-refractivity contribution in [1.29, 1.82) is 0 Å². The molecule has 5 heteroatoms. The van der Waals surface area contributed by atoms with Crippen LogP contribution in [0.2, 0.25) is 0 Å². The van der Waals surface area contributed by atoms with Crippen LogP contribution in [0.3, 0.4) is 0 Å². The second-order valence-electron chi connectivity index (χ2n) is 4.33. The zero-order chi connectivity index (χ0) is 13.9. The molecule has 0 radical (unpaired) electrons. The highest BCUT2D eigenvalue weighted by Crippen LogP contribution is 2.34. The van der Waals surface area contributed by atoms with Crippen LogP contribution in [-0.4, -0.2) is 39.1 Å². The predicted molar refractivity (Wildman–Crippen MR) is 69.9 cm³/mol. The molecule has 100 valence electrons. The van der Waals surface area contributed by atoms with Crippen LogP contribution < -0.4 is 15.2 Å². The summed E-state index contributed by atoms with van der Waals surface area (Å²) in [5, 5.41) is 0. The smallest absolute Gasteiger partial charge is 0.239 e. The van der Waals surface area contributed by atoms with E-state index in [-0.39, 0.29) is 0 Å². The number of benzene rings is 1. The predicted octanol–water partition coefficient (Wildman–Crippen LogP) is 1.10. The highest BCUT2D eigenvalue weighted by atomic mass is 16.5. The van der Waals surface area contributed by atoms with E-state index in [0.717, 1.165) is 11.1 Å². The quantitative estimate of drug-likeness (QED) is 0.852. The molecule has 1 amide bonds. The van der Waals surface area contributed by atoms with Gasteiger partial charge in [0.15, 0.2) is 0 Å². The lowest BCUT2D eigenvalue weighted by Gasteiger charge is -2.25. The summed E-state index contributed by atoms with van der Waals surface area (Å²) in [6, 6.07) is 3.09. The fourth-order valence-electron chi connectivity index (χ4n) is 2.03. The molecular weight excluding hydrogens is 232 g/mol. The molecule has 1 aromatic rings. The summed E-state index contributed by atoms with van der Waals surface area (Å²) in [5.74, 6) is 0.881. The van der Waals surface area contributed by atoms with Crippen LogP contribution in [0.1, 0.15) is 17.2 Å². The lowest BCUT2D eigenvalue weighted by atomic mass is 9.98. The molecule has 18 heavy (non-hydrogen) atoms. The van der Waals surface area contributed by atoms with Gasteiger partial charge in [0, 0.05) is 11.6 Å². The zero-order valence-electron chi connectivity index (χ0n) is 11.5. The normalized spacial score (nSPS) is 12.3. The van der Waals surface area contributed by atoms with E-state index in [1.54, 1.807) is 39.3 Å². The molecule has 0 spiro atoms. The fraction of sp³-hybridized carbons (Fsp3) is 0.462. The van der Waals surface area contributed by atoms with Gasteiger partial charge in [0.05, 0.1) is 14.2 Å². The summed E-state index contributed by atoms with van der Waals surface area (Å²) in [7, 11) is 6.76. The first kappa shape index (κ1) is 14.3.